The third kappa shape index (κ3) is 2.67. The van der Waals surface area contributed by atoms with Gasteiger partial charge >= 0.3 is 0 Å². The standard InChI is InChI=1S/C12H18N2S/c1-13-12(11-8-14-9-15-11)10-6-4-2-3-5-7-10/h6,8-9,12-13H,2-5,7H2,1H3. The summed E-state index contributed by atoms with van der Waals surface area (Å²) in [6.45, 7) is 0. The summed E-state index contributed by atoms with van der Waals surface area (Å²) in [5.74, 6) is 0. The van der Waals surface area contributed by atoms with Gasteiger partial charge in [0.05, 0.1) is 11.6 Å². The lowest BCUT2D eigenvalue weighted by atomic mass is 10.0. The first-order chi connectivity index (χ1) is 7.42. The predicted octanol–water partition coefficient (Wildman–Crippen LogP) is 3.29. The zero-order valence-electron chi connectivity index (χ0n) is 9.20. The molecule has 0 bridgehead atoms. The highest BCUT2D eigenvalue weighted by atomic mass is 32.1. The summed E-state index contributed by atoms with van der Waals surface area (Å²) in [6, 6.07) is 0.399. The van der Waals surface area contributed by atoms with Crippen molar-refractivity contribution in [2.75, 3.05) is 7.05 Å². The molecule has 0 saturated heterocycles. The van der Waals surface area contributed by atoms with Gasteiger partial charge in [-0.3, -0.25) is 4.98 Å². The Kier molecular flexibility index (Phi) is 3.92. The van der Waals surface area contributed by atoms with Gasteiger partial charge in [0, 0.05) is 11.1 Å². The van der Waals surface area contributed by atoms with Gasteiger partial charge in [0.15, 0.2) is 0 Å². The van der Waals surface area contributed by atoms with E-state index in [1.54, 1.807) is 16.9 Å². The lowest BCUT2D eigenvalue weighted by Crippen LogP contribution is -2.17. The van der Waals surface area contributed by atoms with E-state index >= 15 is 0 Å². The number of aromatic nitrogens is 1. The van der Waals surface area contributed by atoms with Gasteiger partial charge in [-0.15, -0.1) is 11.3 Å². The average Bonchev–Trinajstić information content (AvgIpc) is 2.63. The molecule has 0 fully saturated rings. The van der Waals surface area contributed by atoms with Gasteiger partial charge in [-0.1, -0.05) is 18.1 Å². The van der Waals surface area contributed by atoms with Crippen molar-refractivity contribution in [2.45, 2.75) is 38.1 Å². The second kappa shape index (κ2) is 5.42. The van der Waals surface area contributed by atoms with Gasteiger partial charge in [0.1, 0.15) is 0 Å². The summed E-state index contributed by atoms with van der Waals surface area (Å²) in [7, 11) is 2.04. The molecule has 0 spiro atoms. The quantitative estimate of drug-likeness (QED) is 0.794. The van der Waals surface area contributed by atoms with E-state index in [9.17, 15) is 0 Å². The van der Waals surface area contributed by atoms with E-state index in [1.807, 2.05) is 18.8 Å². The third-order valence-corrected chi connectivity index (χ3v) is 3.81. The van der Waals surface area contributed by atoms with E-state index < -0.39 is 0 Å². The molecule has 1 N–H and O–H groups in total. The largest absolute Gasteiger partial charge is 0.309 e. The van der Waals surface area contributed by atoms with Crippen molar-refractivity contribution in [3.05, 3.63) is 28.2 Å². The van der Waals surface area contributed by atoms with Crippen molar-refractivity contribution in [3.8, 4) is 0 Å². The van der Waals surface area contributed by atoms with Crippen LogP contribution in [0.4, 0.5) is 0 Å². The number of nitrogens with one attached hydrogen (secondary N) is 1. The average molecular weight is 222 g/mol. The van der Waals surface area contributed by atoms with Crippen LogP contribution >= 0.6 is 11.3 Å². The molecular formula is C12H18N2S. The van der Waals surface area contributed by atoms with E-state index in [2.05, 4.69) is 16.4 Å². The summed E-state index contributed by atoms with van der Waals surface area (Å²) in [5, 5.41) is 3.40. The Morgan fingerprint density at radius 2 is 2.33 bits per heavy atom. The number of hydrogen-bond acceptors (Lipinski definition) is 3. The van der Waals surface area contributed by atoms with Crippen LogP contribution in [0.15, 0.2) is 23.4 Å². The van der Waals surface area contributed by atoms with Crippen molar-refractivity contribution >= 4 is 11.3 Å². The number of nitrogens with zero attached hydrogens (tertiary/aromatic N) is 1. The maximum Gasteiger partial charge on any atom is 0.0794 e. The molecule has 1 aliphatic carbocycles. The van der Waals surface area contributed by atoms with Gasteiger partial charge in [-0.05, 0) is 32.7 Å². The molecule has 15 heavy (non-hydrogen) atoms. The molecular weight excluding hydrogens is 204 g/mol. The molecule has 0 amide bonds. The van der Waals surface area contributed by atoms with Crippen LogP contribution in [0.25, 0.3) is 0 Å². The van der Waals surface area contributed by atoms with Crippen LogP contribution in [0.3, 0.4) is 0 Å². The zero-order valence-corrected chi connectivity index (χ0v) is 10.0. The van der Waals surface area contributed by atoms with Crippen molar-refractivity contribution in [1.82, 2.24) is 10.3 Å². The first-order valence-electron chi connectivity index (χ1n) is 5.66. The Hall–Kier alpha value is -0.670. The molecule has 0 radical (unpaired) electrons. The number of rotatable bonds is 3. The fourth-order valence-electron chi connectivity index (χ4n) is 2.18. The lowest BCUT2D eigenvalue weighted by molar-refractivity contribution is 0.635. The Morgan fingerprint density at radius 1 is 1.40 bits per heavy atom. The van der Waals surface area contributed by atoms with Crippen molar-refractivity contribution in [2.24, 2.45) is 0 Å². The SMILES string of the molecule is CNC(C1=CCCCCC1)c1cncs1. The van der Waals surface area contributed by atoms with Gasteiger partial charge in [0.2, 0.25) is 0 Å². The Balaban J connectivity index is 2.15. The van der Waals surface area contributed by atoms with Crippen LogP contribution in [0, 0.1) is 0 Å². The summed E-state index contributed by atoms with van der Waals surface area (Å²) in [4.78, 5) is 5.50. The van der Waals surface area contributed by atoms with Crippen LogP contribution in [0.2, 0.25) is 0 Å². The predicted molar refractivity (Wildman–Crippen MR) is 65.1 cm³/mol. The minimum atomic E-state index is 0.399. The molecule has 0 aromatic carbocycles. The minimum Gasteiger partial charge on any atom is -0.309 e. The highest BCUT2D eigenvalue weighted by molar-refractivity contribution is 7.09. The molecule has 1 atom stereocenters. The normalized spacial score (nSPS) is 19.4. The fraction of sp³-hybridized carbons (Fsp3) is 0.583. The topological polar surface area (TPSA) is 24.9 Å². The molecule has 1 heterocycles. The number of thiazole rings is 1. The maximum absolute atomic E-state index is 4.16. The first kappa shape index (κ1) is 10.8. The maximum atomic E-state index is 4.16. The Morgan fingerprint density at radius 3 is 3.07 bits per heavy atom. The second-order valence-corrected chi connectivity index (χ2v) is 4.92. The second-order valence-electron chi connectivity index (χ2n) is 4.00. The number of hydrogen-bond donors (Lipinski definition) is 1. The zero-order chi connectivity index (χ0) is 10.5. The molecule has 2 nitrogen and oxygen atoms in total. The van der Waals surface area contributed by atoms with Crippen LogP contribution in [-0.2, 0) is 0 Å². The highest BCUT2D eigenvalue weighted by Crippen LogP contribution is 2.30. The van der Waals surface area contributed by atoms with Crippen LogP contribution in [0.5, 0.6) is 0 Å². The van der Waals surface area contributed by atoms with Crippen molar-refractivity contribution < 1.29 is 0 Å². The van der Waals surface area contributed by atoms with Crippen LogP contribution < -0.4 is 5.32 Å². The van der Waals surface area contributed by atoms with E-state index in [0.717, 1.165) is 0 Å². The number of allylic oxidation sites excluding steroid dienone is 1. The highest BCUT2D eigenvalue weighted by Gasteiger charge is 2.16. The monoisotopic (exact) mass is 222 g/mol. The summed E-state index contributed by atoms with van der Waals surface area (Å²) < 4.78 is 0. The van der Waals surface area contributed by atoms with E-state index in [0.29, 0.717) is 6.04 Å². The van der Waals surface area contributed by atoms with Crippen LogP contribution in [-0.4, -0.2) is 12.0 Å². The summed E-state index contributed by atoms with van der Waals surface area (Å²) >= 11 is 1.74. The Labute approximate surface area is 95.4 Å². The lowest BCUT2D eigenvalue weighted by Gasteiger charge is -2.17. The van der Waals surface area contributed by atoms with E-state index in [4.69, 9.17) is 0 Å². The van der Waals surface area contributed by atoms with Crippen LogP contribution in [0.1, 0.15) is 43.0 Å². The minimum absolute atomic E-state index is 0.399. The first-order valence-corrected chi connectivity index (χ1v) is 6.54. The molecule has 2 rings (SSSR count). The van der Waals surface area contributed by atoms with Gasteiger partial charge in [-0.2, -0.15) is 0 Å². The molecule has 1 aromatic rings. The molecule has 3 heteroatoms. The third-order valence-electron chi connectivity index (χ3n) is 2.97. The smallest absolute Gasteiger partial charge is 0.0794 e. The van der Waals surface area contributed by atoms with Crippen molar-refractivity contribution in [3.63, 3.8) is 0 Å². The fourth-order valence-corrected chi connectivity index (χ4v) is 2.95. The van der Waals surface area contributed by atoms with Crippen molar-refractivity contribution in [1.29, 1.82) is 0 Å². The molecule has 1 unspecified atom stereocenters. The van der Waals surface area contributed by atoms with Gasteiger partial charge in [0.25, 0.3) is 0 Å². The molecule has 1 aromatic heterocycles. The van der Waals surface area contributed by atoms with Gasteiger partial charge in [-0.25, -0.2) is 0 Å². The summed E-state index contributed by atoms with van der Waals surface area (Å²) in [6.07, 6.45) is 11.0. The number of likely N-dealkylation sites (N-methyl/N-ethyl adjacent to an activating group) is 1. The van der Waals surface area contributed by atoms with E-state index in [-0.39, 0.29) is 0 Å². The summed E-state index contributed by atoms with van der Waals surface area (Å²) in [5.41, 5.74) is 3.47. The molecule has 1 aliphatic rings. The molecule has 0 aliphatic heterocycles. The van der Waals surface area contributed by atoms with Gasteiger partial charge < -0.3 is 5.32 Å². The van der Waals surface area contributed by atoms with E-state index in [1.165, 1.54) is 37.0 Å². The molecule has 0 saturated carbocycles. The Bertz CT molecular complexity index is 316. The molecule has 82 valence electrons.